The van der Waals surface area contributed by atoms with E-state index in [4.69, 9.17) is 9.84 Å². The molecule has 0 saturated carbocycles. The Labute approximate surface area is 91.3 Å². The molecule has 0 aliphatic carbocycles. The van der Waals surface area contributed by atoms with E-state index < -0.39 is 12.1 Å². The summed E-state index contributed by atoms with van der Waals surface area (Å²) < 4.78 is 5.04. The van der Waals surface area contributed by atoms with Crippen LogP contribution < -0.4 is 4.74 Å². The van der Waals surface area contributed by atoms with Gasteiger partial charge in [-0.1, -0.05) is 0 Å². The van der Waals surface area contributed by atoms with Crippen molar-refractivity contribution in [1.29, 1.82) is 0 Å². The molecule has 0 saturated heterocycles. The third-order valence-corrected chi connectivity index (χ3v) is 2.38. The molecule has 0 aliphatic rings. The van der Waals surface area contributed by atoms with E-state index in [0.29, 0.717) is 5.75 Å². The normalized spacial score (nSPS) is 12.6. The van der Waals surface area contributed by atoms with Crippen molar-refractivity contribution in [2.45, 2.75) is 6.10 Å². The molecule has 0 aliphatic heterocycles. The van der Waals surface area contributed by atoms with Gasteiger partial charge >= 0.3 is 5.97 Å². The van der Waals surface area contributed by atoms with Crippen LogP contribution >= 0.6 is 0 Å². The highest BCUT2D eigenvalue weighted by Gasteiger charge is 2.18. The molecule has 1 atom stereocenters. The number of hydrogen-bond acceptors (Lipinski definition) is 3. The number of fused-ring (bicyclic) bond motifs is 1. The van der Waals surface area contributed by atoms with Gasteiger partial charge < -0.3 is 19.9 Å². The minimum absolute atomic E-state index is 0.260. The summed E-state index contributed by atoms with van der Waals surface area (Å²) >= 11 is 0. The van der Waals surface area contributed by atoms with Crippen LogP contribution in [0.1, 0.15) is 11.8 Å². The molecule has 2 aromatic rings. The number of nitrogens with one attached hydrogen (secondary N) is 1. The van der Waals surface area contributed by atoms with Gasteiger partial charge in [0.05, 0.1) is 12.8 Å². The Morgan fingerprint density at radius 2 is 2.19 bits per heavy atom. The number of benzene rings is 1. The lowest BCUT2D eigenvalue weighted by Crippen LogP contribution is -2.10. The number of carboxylic acids is 1. The molecule has 3 N–H and O–H groups in total. The molecule has 1 aromatic heterocycles. The smallest absolute Gasteiger partial charge is 0.338 e. The summed E-state index contributed by atoms with van der Waals surface area (Å²) in [7, 11) is 1.55. The van der Waals surface area contributed by atoms with E-state index in [2.05, 4.69) is 4.98 Å². The molecule has 84 valence electrons. The summed E-state index contributed by atoms with van der Waals surface area (Å²) in [5, 5.41) is 18.9. The third-order valence-electron chi connectivity index (χ3n) is 2.38. The van der Waals surface area contributed by atoms with Gasteiger partial charge in [0.25, 0.3) is 0 Å². The van der Waals surface area contributed by atoms with Crippen LogP contribution in [0.25, 0.3) is 10.9 Å². The van der Waals surface area contributed by atoms with Gasteiger partial charge in [0.2, 0.25) is 0 Å². The van der Waals surface area contributed by atoms with E-state index in [0.717, 1.165) is 10.9 Å². The van der Waals surface area contributed by atoms with Gasteiger partial charge in [-0.05, 0) is 18.2 Å². The zero-order chi connectivity index (χ0) is 11.7. The lowest BCUT2D eigenvalue weighted by Gasteiger charge is -2.00. The van der Waals surface area contributed by atoms with Gasteiger partial charge in [0.15, 0.2) is 6.10 Å². The molecule has 1 heterocycles. The maximum atomic E-state index is 10.6. The number of carbonyl (C=O) groups is 1. The topological polar surface area (TPSA) is 82.6 Å². The molecule has 0 spiro atoms. The second-order valence-electron chi connectivity index (χ2n) is 3.42. The van der Waals surface area contributed by atoms with Crippen molar-refractivity contribution in [2.75, 3.05) is 7.11 Å². The van der Waals surface area contributed by atoms with Crippen LogP contribution in [-0.2, 0) is 4.79 Å². The summed E-state index contributed by atoms with van der Waals surface area (Å²) in [6.45, 7) is 0. The van der Waals surface area contributed by atoms with Crippen molar-refractivity contribution in [1.82, 2.24) is 4.98 Å². The van der Waals surface area contributed by atoms with Gasteiger partial charge in [0.1, 0.15) is 5.75 Å². The van der Waals surface area contributed by atoms with E-state index in [1.54, 1.807) is 31.4 Å². The number of methoxy groups -OCH3 is 1. The Kier molecular flexibility index (Phi) is 2.54. The van der Waals surface area contributed by atoms with Crippen LogP contribution in [0.3, 0.4) is 0 Å². The number of aliphatic hydroxyl groups excluding tert-OH is 1. The first kappa shape index (κ1) is 10.5. The molecule has 1 unspecified atom stereocenters. The zero-order valence-electron chi connectivity index (χ0n) is 8.60. The number of ether oxygens (including phenoxy) is 1. The fourth-order valence-corrected chi connectivity index (χ4v) is 1.54. The van der Waals surface area contributed by atoms with E-state index >= 15 is 0 Å². The molecular formula is C11H11NO4. The molecular weight excluding hydrogens is 210 g/mol. The lowest BCUT2D eigenvalue weighted by atomic mass is 10.2. The fraction of sp³-hybridized carbons (Fsp3) is 0.182. The van der Waals surface area contributed by atoms with Crippen LogP contribution in [0, 0.1) is 0 Å². The minimum atomic E-state index is -1.53. The maximum Gasteiger partial charge on any atom is 0.338 e. The molecule has 5 nitrogen and oxygen atoms in total. The van der Waals surface area contributed by atoms with Crippen LogP contribution in [-0.4, -0.2) is 28.3 Å². The van der Waals surface area contributed by atoms with Gasteiger partial charge in [-0.25, -0.2) is 4.79 Å². The molecule has 1 aromatic carbocycles. The summed E-state index contributed by atoms with van der Waals surface area (Å²) in [4.78, 5) is 13.4. The first-order valence-electron chi connectivity index (χ1n) is 4.69. The van der Waals surface area contributed by atoms with Gasteiger partial charge in [-0.3, -0.25) is 0 Å². The third kappa shape index (κ3) is 1.72. The second-order valence-corrected chi connectivity index (χ2v) is 3.42. The standard InChI is InChI=1S/C11H11NO4/c1-16-7-3-2-6-4-9(10(13)11(14)15)12-8(6)5-7/h2-5,10,12-13H,1H3,(H,14,15). The van der Waals surface area contributed by atoms with Crippen LogP contribution in [0.15, 0.2) is 24.3 Å². The average molecular weight is 221 g/mol. The zero-order valence-corrected chi connectivity index (χ0v) is 8.60. The summed E-state index contributed by atoms with van der Waals surface area (Å²) in [5.41, 5.74) is 0.991. The summed E-state index contributed by atoms with van der Waals surface area (Å²) in [6, 6.07) is 6.91. The average Bonchev–Trinajstić information content (AvgIpc) is 2.69. The van der Waals surface area contributed by atoms with Gasteiger partial charge in [0, 0.05) is 17.0 Å². The highest BCUT2D eigenvalue weighted by molar-refractivity contribution is 5.84. The van der Waals surface area contributed by atoms with E-state index in [-0.39, 0.29) is 5.69 Å². The van der Waals surface area contributed by atoms with E-state index in [1.165, 1.54) is 0 Å². The second kappa shape index (κ2) is 3.86. The predicted octanol–water partition coefficient (Wildman–Crippen LogP) is 1.29. The Bertz CT molecular complexity index is 532. The lowest BCUT2D eigenvalue weighted by molar-refractivity contribution is -0.147. The Balaban J connectivity index is 2.47. The number of hydrogen-bond donors (Lipinski definition) is 3. The molecule has 0 bridgehead atoms. The monoisotopic (exact) mass is 221 g/mol. The van der Waals surface area contributed by atoms with Gasteiger partial charge in [-0.2, -0.15) is 0 Å². The molecule has 16 heavy (non-hydrogen) atoms. The van der Waals surface area contributed by atoms with Crippen LogP contribution in [0.4, 0.5) is 0 Å². The van der Waals surface area contributed by atoms with Crippen molar-refractivity contribution in [3.8, 4) is 5.75 Å². The number of aliphatic hydroxyl groups is 1. The number of aromatic amines is 1. The first-order valence-corrected chi connectivity index (χ1v) is 4.69. The Morgan fingerprint density at radius 1 is 1.44 bits per heavy atom. The van der Waals surface area contributed by atoms with Crippen molar-refractivity contribution in [3.05, 3.63) is 30.0 Å². The number of rotatable bonds is 3. The van der Waals surface area contributed by atoms with Crippen molar-refractivity contribution in [3.63, 3.8) is 0 Å². The minimum Gasteiger partial charge on any atom is -0.497 e. The maximum absolute atomic E-state index is 10.6. The first-order chi connectivity index (χ1) is 7.61. The van der Waals surface area contributed by atoms with Crippen molar-refractivity contribution < 1.29 is 19.7 Å². The van der Waals surface area contributed by atoms with Crippen LogP contribution in [0.2, 0.25) is 0 Å². The number of H-pyrrole nitrogens is 1. The number of aromatic nitrogens is 1. The fourth-order valence-electron chi connectivity index (χ4n) is 1.54. The Hall–Kier alpha value is -2.01. The van der Waals surface area contributed by atoms with Gasteiger partial charge in [-0.15, -0.1) is 0 Å². The number of aliphatic carboxylic acids is 1. The largest absolute Gasteiger partial charge is 0.497 e. The molecule has 0 radical (unpaired) electrons. The highest BCUT2D eigenvalue weighted by atomic mass is 16.5. The summed E-state index contributed by atoms with van der Waals surface area (Å²) in [5.74, 6) is -0.607. The predicted molar refractivity (Wildman–Crippen MR) is 57.4 cm³/mol. The molecule has 0 amide bonds. The SMILES string of the molecule is COc1ccc2cc(C(O)C(=O)O)[nH]c2c1. The molecule has 0 fully saturated rings. The van der Waals surface area contributed by atoms with E-state index in [1.807, 2.05) is 0 Å². The summed E-state index contributed by atoms with van der Waals surface area (Å²) in [6.07, 6.45) is -1.53. The quantitative estimate of drug-likeness (QED) is 0.729. The highest BCUT2D eigenvalue weighted by Crippen LogP contribution is 2.24. The Morgan fingerprint density at radius 3 is 2.81 bits per heavy atom. The van der Waals surface area contributed by atoms with Crippen molar-refractivity contribution >= 4 is 16.9 Å². The van der Waals surface area contributed by atoms with E-state index in [9.17, 15) is 9.90 Å². The molecule has 2 rings (SSSR count). The molecule has 5 heteroatoms. The number of carboxylic acid groups (broad SMARTS) is 1. The van der Waals surface area contributed by atoms with Crippen molar-refractivity contribution in [2.24, 2.45) is 0 Å². The van der Waals surface area contributed by atoms with Crippen LogP contribution in [0.5, 0.6) is 5.75 Å².